The fourth-order valence-electron chi connectivity index (χ4n) is 2.82. The number of urea groups is 1. The summed E-state index contributed by atoms with van der Waals surface area (Å²) in [7, 11) is 1.58. The second-order valence-corrected chi connectivity index (χ2v) is 5.14. The van der Waals surface area contributed by atoms with Crippen LogP contribution in [0.1, 0.15) is 31.2 Å². The number of carbonyl (C=O) groups excluding carboxylic acids is 1. The van der Waals surface area contributed by atoms with Gasteiger partial charge in [0.25, 0.3) is 0 Å². The summed E-state index contributed by atoms with van der Waals surface area (Å²) in [6.07, 6.45) is 3.52. The monoisotopic (exact) mass is 280 g/mol. The zero-order chi connectivity index (χ0) is 14.4. The second-order valence-electron chi connectivity index (χ2n) is 5.14. The molecule has 20 heavy (non-hydrogen) atoms. The molecule has 1 aromatic rings. The molecule has 1 saturated carbocycles. The fraction of sp³-hybridized carbons (Fsp3) is 0.533. The highest BCUT2D eigenvalue weighted by Crippen LogP contribution is 2.39. The molecule has 0 spiro atoms. The first-order chi connectivity index (χ1) is 9.68. The predicted molar refractivity (Wildman–Crippen MR) is 75.0 cm³/mol. The molecule has 4 nitrogen and oxygen atoms in total. The minimum atomic E-state index is -0.581. The Morgan fingerprint density at radius 2 is 2.05 bits per heavy atom. The summed E-state index contributed by atoms with van der Waals surface area (Å²) in [4.78, 5) is 12.0. The summed E-state index contributed by atoms with van der Waals surface area (Å²) in [6, 6.07) is 6.41. The first-order valence-corrected chi connectivity index (χ1v) is 6.98. The minimum Gasteiger partial charge on any atom is -0.383 e. The van der Waals surface area contributed by atoms with Gasteiger partial charge in [-0.15, -0.1) is 0 Å². The van der Waals surface area contributed by atoms with Crippen molar-refractivity contribution in [2.45, 2.75) is 31.2 Å². The van der Waals surface area contributed by atoms with E-state index < -0.39 is 5.54 Å². The van der Waals surface area contributed by atoms with Crippen LogP contribution in [0.4, 0.5) is 9.18 Å². The number of benzene rings is 1. The highest BCUT2D eigenvalue weighted by Gasteiger charge is 2.38. The lowest BCUT2D eigenvalue weighted by Crippen LogP contribution is -2.49. The van der Waals surface area contributed by atoms with Gasteiger partial charge in [-0.3, -0.25) is 0 Å². The standard InChI is InChI=1S/C15H21FN2O2/c1-20-11-10-17-14(19)18-15(8-4-5-9-15)12-6-2-3-7-13(12)16/h2-3,6-7H,4-5,8-11H2,1H3,(H2,17,18,19). The van der Waals surface area contributed by atoms with Crippen molar-refractivity contribution < 1.29 is 13.9 Å². The molecular weight excluding hydrogens is 259 g/mol. The van der Waals surface area contributed by atoms with Gasteiger partial charge in [0.2, 0.25) is 0 Å². The maximum Gasteiger partial charge on any atom is 0.315 e. The van der Waals surface area contributed by atoms with Crippen molar-refractivity contribution in [1.82, 2.24) is 10.6 Å². The van der Waals surface area contributed by atoms with Gasteiger partial charge < -0.3 is 15.4 Å². The molecule has 0 atom stereocenters. The summed E-state index contributed by atoms with van der Waals surface area (Å²) < 4.78 is 18.9. The van der Waals surface area contributed by atoms with Crippen molar-refractivity contribution in [3.8, 4) is 0 Å². The third-order valence-electron chi connectivity index (χ3n) is 3.79. The average molecular weight is 280 g/mol. The first-order valence-electron chi connectivity index (χ1n) is 6.98. The molecule has 0 aromatic heterocycles. The molecule has 0 unspecified atom stereocenters. The Morgan fingerprint density at radius 3 is 2.70 bits per heavy atom. The van der Waals surface area contributed by atoms with Crippen LogP contribution in [0.2, 0.25) is 0 Å². The fourth-order valence-corrected chi connectivity index (χ4v) is 2.82. The lowest BCUT2D eigenvalue weighted by Gasteiger charge is -2.31. The molecule has 0 saturated heterocycles. The number of methoxy groups -OCH3 is 1. The maximum atomic E-state index is 14.1. The molecule has 1 fully saturated rings. The molecule has 0 bridgehead atoms. The van der Waals surface area contributed by atoms with Gasteiger partial charge in [-0.2, -0.15) is 0 Å². The zero-order valence-electron chi connectivity index (χ0n) is 11.7. The topological polar surface area (TPSA) is 50.4 Å². The molecule has 110 valence electrons. The highest BCUT2D eigenvalue weighted by atomic mass is 19.1. The molecule has 0 radical (unpaired) electrons. The van der Waals surface area contributed by atoms with Gasteiger partial charge in [0, 0.05) is 19.2 Å². The number of hydrogen-bond acceptors (Lipinski definition) is 2. The number of ether oxygens (including phenoxy) is 1. The number of carbonyl (C=O) groups is 1. The van der Waals surface area contributed by atoms with Crippen LogP contribution in [0.5, 0.6) is 0 Å². The van der Waals surface area contributed by atoms with E-state index in [1.165, 1.54) is 6.07 Å². The molecular formula is C15H21FN2O2. The molecule has 0 heterocycles. The normalized spacial score (nSPS) is 16.9. The molecule has 1 aliphatic carbocycles. The molecule has 0 aliphatic heterocycles. The summed E-state index contributed by atoms with van der Waals surface area (Å²) in [5.74, 6) is -0.258. The molecule has 2 amide bonds. The van der Waals surface area contributed by atoms with Crippen LogP contribution < -0.4 is 10.6 Å². The molecule has 5 heteroatoms. The SMILES string of the molecule is COCCNC(=O)NC1(c2ccccc2F)CCCC1. The van der Waals surface area contributed by atoms with Crippen LogP contribution in [-0.4, -0.2) is 26.3 Å². The summed E-state index contributed by atoms with van der Waals surface area (Å²) in [5, 5.41) is 5.69. The van der Waals surface area contributed by atoms with Gasteiger partial charge in [0.05, 0.1) is 12.1 Å². The average Bonchev–Trinajstić information content (AvgIpc) is 2.89. The van der Waals surface area contributed by atoms with Crippen molar-refractivity contribution in [2.75, 3.05) is 20.3 Å². The van der Waals surface area contributed by atoms with Gasteiger partial charge in [0.15, 0.2) is 0 Å². The van der Waals surface area contributed by atoms with Crippen LogP contribution in [0.3, 0.4) is 0 Å². The van der Waals surface area contributed by atoms with Crippen molar-refractivity contribution in [3.05, 3.63) is 35.6 Å². The van der Waals surface area contributed by atoms with Crippen molar-refractivity contribution in [1.29, 1.82) is 0 Å². The van der Waals surface area contributed by atoms with Crippen LogP contribution in [0.25, 0.3) is 0 Å². The van der Waals surface area contributed by atoms with Gasteiger partial charge in [-0.25, -0.2) is 9.18 Å². The van der Waals surface area contributed by atoms with Crippen LogP contribution in [0, 0.1) is 5.82 Å². The highest BCUT2D eigenvalue weighted by molar-refractivity contribution is 5.75. The Bertz CT molecular complexity index is 459. The van der Waals surface area contributed by atoms with E-state index in [0.29, 0.717) is 18.7 Å². The van der Waals surface area contributed by atoms with Gasteiger partial charge >= 0.3 is 6.03 Å². The van der Waals surface area contributed by atoms with E-state index >= 15 is 0 Å². The summed E-state index contributed by atoms with van der Waals surface area (Å²) >= 11 is 0. The van der Waals surface area contributed by atoms with E-state index in [4.69, 9.17) is 4.74 Å². The number of nitrogens with one attached hydrogen (secondary N) is 2. The van der Waals surface area contributed by atoms with Gasteiger partial charge in [-0.1, -0.05) is 31.0 Å². The first kappa shape index (κ1) is 14.8. The summed E-state index contributed by atoms with van der Waals surface area (Å²) in [5.41, 5.74) is 0.00192. The van der Waals surface area contributed by atoms with Crippen molar-refractivity contribution in [2.24, 2.45) is 0 Å². The second kappa shape index (κ2) is 6.70. The molecule has 2 N–H and O–H groups in total. The number of amides is 2. The lowest BCUT2D eigenvalue weighted by molar-refractivity contribution is 0.191. The van der Waals surface area contributed by atoms with Gasteiger partial charge in [-0.05, 0) is 18.9 Å². The third kappa shape index (κ3) is 3.28. The van der Waals surface area contributed by atoms with Crippen LogP contribution in [0.15, 0.2) is 24.3 Å². The van der Waals surface area contributed by atoms with Crippen LogP contribution in [-0.2, 0) is 10.3 Å². The van der Waals surface area contributed by atoms with E-state index in [-0.39, 0.29) is 11.8 Å². The number of halogens is 1. The van der Waals surface area contributed by atoms with Crippen molar-refractivity contribution in [3.63, 3.8) is 0 Å². The number of rotatable bonds is 5. The maximum absolute atomic E-state index is 14.1. The molecule has 1 aliphatic rings. The smallest absolute Gasteiger partial charge is 0.315 e. The van der Waals surface area contributed by atoms with E-state index in [0.717, 1.165) is 25.7 Å². The zero-order valence-corrected chi connectivity index (χ0v) is 11.7. The Kier molecular flexibility index (Phi) is 4.95. The lowest BCUT2D eigenvalue weighted by atomic mass is 9.88. The van der Waals surface area contributed by atoms with Crippen LogP contribution >= 0.6 is 0 Å². The van der Waals surface area contributed by atoms with E-state index in [1.54, 1.807) is 19.2 Å². The molecule has 1 aromatic carbocycles. The van der Waals surface area contributed by atoms with Crippen molar-refractivity contribution >= 4 is 6.03 Å². The van der Waals surface area contributed by atoms with E-state index in [9.17, 15) is 9.18 Å². The molecule has 2 rings (SSSR count). The largest absolute Gasteiger partial charge is 0.383 e. The Hall–Kier alpha value is -1.62. The predicted octanol–water partition coefficient (Wildman–Crippen LogP) is 2.54. The Labute approximate surface area is 118 Å². The summed E-state index contributed by atoms with van der Waals surface area (Å²) in [6.45, 7) is 0.899. The quantitative estimate of drug-likeness (QED) is 0.814. The minimum absolute atomic E-state index is 0.258. The third-order valence-corrected chi connectivity index (χ3v) is 3.79. The van der Waals surface area contributed by atoms with E-state index in [2.05, 4.69) is 10.6 Å². The van der Waals surface area contributed by atoms with Gasteiger partial charge in [0.1, 0.15) is 5.82 Å². The Balaban J connectivity index is 2.10. The number of hydrogen-bond donors (Lipinski definition) is 2. The Morgan fingerprint density at radius 1 is 1.35 bits per heavy atom. The van der Waals surface area contributed by atoms with E-state index in [1.807, 2.05) is 6.07 Å².